The molecule has 0 bridgehead atoms. The number of esters is 1. The quantitative estimate of drug-likeness (QED) is 0.495. The molecule has 5 nitrogen and oxygen atoms in total. The van der Waals surface area contributed by atoms with E-state index in [9.17, 15) is 4.79 Å². The van der Waals surface area contributed by atoms with Gasteiger partial charge in [-0.3, -0.25) is 0 Å². The van der Waals surface area contributed by atoms with Crippen LogP contribution in [0.3, 0.4) is 0 Å². The van der Waals surface area contributed by atoms with Crippen molar-refractivity contribution < 1.29 is 23.7 Å². The third kappa shape index (κ3) is 1.75. The van der Waals surface area contributed by atoms with Gasteiger partial charge in [0.15, 0.2) is 6.10 Å². The lowest BCUT2D eigenvalue weighted by atomic mass is 9.93. The summed E-state index contributed by atoms with van der Waals surface area (Å²) in [6.45, 7) is 3.60. The van der Waals surface area contributed by atoms with Crippen molar-refractivity contribution in [3.05, 3.63) is 0 Å². The zero-order valence-corrected chi connectivity index (χ0v) is 9.02. The van der Waals surface area contributed by atoms with Crippen molar-refractivity contribution in [1.82, 2.24) is 0 Å². The molecule has 2 heterocycles. The fourth-order valence-corrected chi connectivity index (χ4v) is 2.09. The number of carbonyl (C=O) groups excluding carboxylic acids is 1. The predicted octanol–water partition coefficient (Wildman–Crippen LogP) is 0.122. The van der Waals surface area contributed by atoms with Gasteiger partial charge < -0.3 is 18.9 Å². The maximum atomic E-state index is 11.4. The van der Waals surface area contributed by atoms with Crippen LogP contribution in [0.15, 0.2) is 0 Å². The van der Waals surface area contributed by atoms with Crippen LogP contribution < -0.4 is 0 Å². The fourth-order valence-electron chi connectivity index (χ4n) is 2.09. The molecule has 0 N–H and O–H groups in total. The molecule has 2 aliphatic heterocycles. The molecule has 2 aliphatic rings. The number of methoxy groups -OCH3 is 1. The molecule has 1 spiro atoms. The van der Waals surface area contributed by atoms with Gasteiger partial charge in [-0.1, -0.05) is 0 Å². The van der Waals surface area contributed by atoms with Gasteiger partial charge in [0.25, 0.3) is 0 Å². The Balaban J connectivity index is 2.03. The number of hydrogen-bond donors (Lipinski definition) is 0. The SMILES string of the molecule is CCOC1COCCC12OC2C(=O)OC. The summed E-state index contributed by atoms with van der Waals surface area (Å²) in [5, 5.41) is 0. The van der Waals surface area contributed by atoms with Crippen molar-refractivity contribution >= 4 is 5.97 Å². The van der Waals surface area contributed by atoms with Gasteiger partial charge in [-0.15, -0.1) is 0 Å². The average molecular weight is 216 g/mol. The lowest BCUT2D eigenvalue weighted by Crippen LogP contribution is -2.45. The molecule has 2 rings (SSSR count). The Labute approximate surface area is 88.6 Å². The van der Waals surface area contributed by atoms with Crippen molar-refractivity contribution in [2.24, 2.45) is 0 Å². The van der Waals surface area contributed by atoms with E-state index in [-0.39, 0.29) is 12.1 Å². The summed E-state index contributed by atoms with van der Waals surface area (Å²) >= 11 is 0. The first-order valence-electron chi connectivity index (χ1n) is 5.19. The van der Waals surface area contributed by atoms with Gasteiger partial charge in [-0.2, -0.15) is 0 Å². The monoisotopic (exact) mass is 216 g/mol. The molecular formula is C10H16O5. The van der Waals surface area contributed by atoms with Gasteiger partial charge in [-0.25, -0.2) is 4.79 Å². The van der Waals surface area contributed by atoms with Gasteiger partial charge in [-0.05, 0) is 6.92 Å². The second kappa shape index (κ2) is 4.08. The van der Waals surface area contributed by atoms with Crippen LogP contribution in [0.2, 0.25) is 0 Å². The van der Waals surface area contributed by atoms with E-state index in [2.05, 4.69) is 4.74 Å². The fraction of sp³-hybridized carbons (Fsp3) is 0.900. The summed E-state index contributed by atoms with van der Waals surface area (Å²) in [6, 6.07) is 0. The number of carbonyl (C=O) groups is 1. The van der Waals surface area contributed by atoms with E-state index in [1.807, 2.05) is 6.92 Å². The largest absolute Gasteiger partial charge is 0.467 e. The second-order valence-electron chi connectivity index (χ2n) is 3.74. The highest BCUT2D eigenvalue weighted by Crippen LogP contribution is 2.46. The van der Waals surface area contributed by atoms with E-state index >= 15 is 0 Å². The maximum Gasteiger partial charge on any atom is 0.338 e. The van der Waals surface area contributed by atoms with Crippen LogP contribution in [-0.4, -0.2) is 50.7 Å². The molecule has 2 fully saturated rings. The Morgan fingerprint density at radius 1 is 1.60 bits per heavy atom. The van der Waals surface area contributed by atoms with Crippen LogP contribution in [0.4, 0.5) is 0 Å². The summed E-state index contributed by atoms with van der Waals surface area (Å²) in [7, 11) is 1.37. The first-order valence-corrected chi connectivity index (χ1v) is 5.19. The first kappa shape index (κ1) is 10.9. The van der Waals surface area contributed by atoms with E-state index in [0.29, 0.717) is 26.2 Å². The van der Waals surface area contributed by atoms with Crippen molar-refractivity contribution in [1.29, 1.82) is 0 Å². The zero-order chi connectivity index (χ0) is 10.9. The Morgan fingerprint density at radius 2 is 2.40 bits per heavy atom. The van der Waals surface area contributed by atoms with E-state index < -0.39 is 11.7 Å². The molecule has 15 heavy (non-hydrogen) atoms. The molecule has 3 atom stereocenters. The highest BCUT2D eigenvalue weighted by atomic mass is 16.7. The van der Waals surface area contributed by atoms with Gasteiger partial charge in [0.05, 0.1) is 13.7 Å². The Morgan fingerprint density at radius 3 is 3.07 bits per heavy atom. The Hall–Kier alpha value is -0.650. The molecule has 86 valence electrons. The molecule has 0 saturated carbocycles. The molecule has 5 heteroatoms. The zero-order valence-electron chi connectivity index (χ0n) is 9.02. The van der Waals surface area contributed by atoms with Gasteiger partial charge in [0.1, 0.15) is 11.7 Å². The third-order valence-corrected chi connectivity index (χ3v) is 2.96. The van der Waals surface area contributed by atoms with Crippen molar-refractivity contribution in [2.45, 2.75) is 31.2 Å². The summed E-state index contributed by atoms with van der Waals surface area (Å²) in [6.07, 6.45) is 0.0700. The van der Waals surface area contributed by atoms with Gasteiger partial charge in [0, 0.05) is 19.6 Å². The number of epoxide rings is 1. The van der Waals surface area contributed by atoms with Crippen LogP contribution >= 0.6 is 0 Å². The van der Waals surface area contributed by atoms with Gasteiger partial charge >= 0.3 is 5.97 Å². The number of ether oxygens (including phenoxy) is 4. The highest BCUT2D eigenvalue weighted by molar-refractivity contribution is 5.79. The summed E-state index contributed by atoms with van der Waals surface area (Å²) in [4.78, 5) is 11.4. The molecule has 0 aromatic heterocycles. The van der Waals surface area contributed by atoms with E-state index in [0.717, 1.165) is 0 Å². The molecule has 0 radical (unpaired) electrons. The topological polar surface area (TPSA) is 57.3 Å². The minimum Gasteiger partial charge on any atom is -0.467 e. The van der Waals surface area contributed by atoms with Crippen LogP contribution in [0.25, 0.3) is 0 Å². The number of hydrogen-bond acceptors (Lipinski definition) is 5. The summed E-state index contributed by atoms with van der Waals surface area (Å²) < 4.78 is 21.0. The molecule has 0 aliphatic carbocycles. The average Bonchev–Trinajstić information content (AvgIpc) is 2.96. The smallest absolute Gasteiger partial charge is 0.338 e. The summed E-state index contributed by atoms with van der Waals surface area (Å²) in [5.74, 6) is -0.318. The lowest BCUT2D eigenvalue weighted by molar-refractivity contribution is -0.142. The Bertz CT molecular complexity index is 252. The maximum absolute atomic E-state index is 11.4. The molecule has 2 saturated heterocycles. The standard InChI is InChI=1S/C10H16O5/c1-3-14-7-6-13-5-4-10(7)8(15-10)9(11)12-2/h7-8H,3-6H2,1-2H3. The predicted molar refractivity (Wildman–Crippen MR) is 50.5 cm³/mol. The van der Waals surface area contributed by atoms with Gasteiger partial charge in [0.2, 0.25) is 0 Å². The molecular weight excluding hydrogens is 200 g/mol. The molecule has 3 unspecified atom stereocenters. The minimum absolute atomic E-state index is 0.152. The lowest BCUT2D eigenvalue weighted by Gasteiger charge is -2.28. The van der Waals surface area contributed by atoms with Crippen LogP contribution in [-0.2, 0) is 23.7 Å². The highest BCUT2D eigenvalue weighted by Gasteiger charge is 2.67. The Kier molecular flexibility index (Phi) is 2.95. The first-order chi connectivity index (χ1) is 7.24. The van der Waals surface area contributed by atoms with E-state index in [4.69, 9.17) is 14.2 Å². The van der Waals surface area contributed by atoms with Crippen LogP contribution in [0.1, 0.15) is 13.3 Å². The third-order valence-electron chi connectivity index (χ3n) is 2.96. The van der Waals surface area contributed by atoms with E-state index in [1.54, 1.807) is 0 Å². The van der Waals surface area contributed by atoms with Crippen LogP contribution in [0.5, 0.6) is 0 Å². The van der Waals surface area contributed by atoms with E-state index in [1.165, 1.54) is 7.11 Å². The second-order valence-corrected chi connectivity index (χ2v) is 3.74. The van der Waals surface area contributed by atoms with Crippen molar-refractivity contribution in [3.63, 3.8) is 0 Å². The van der Waals surface area contributed by atoms with Crippen molar-refractivity contribution in [3.8, 4) is 0 Å². The number of rotatable bonds is 3. The minimum atomic E-state index is -0.485. The summed E-state index contributed by atoms with van der Waals surface area (Å²) in [5.41, 5.74) is -0.485. The normalized spacial score (nSPS) is 39.1. The molecule has 0 aromatic rings. The van der Waals surface area contributed by atoms with Crippen LogP contribution in [0, 0.1) is 0 Å². The van der Waals surface area contributed by atoms with Crippen molar-refractivity contribution in [2.75, 3.05) is 26.9 Å². The molecule has 0 amide bonds. The molecule has 0 aromatic carbocycles.